The summed E-state index contributed by atoms with van der Waals surface area (Å²) in [5.74, 6) is 0.541. The molecule has 9 heteroatoms. The van der Waals surface area contributed by atoms with Crippen LogP contribution in [0.4, 0.5) is 5.69 Å². The van der Waals surface area contributed by atoms with E-state index in [2.05, 4.69) is 27.0 Å². The molecular formula is C25H33N5O4. The SMILES string of the molecule is COC(=O)C1(C(C)OC)CCN(CC(=O)N2CCN(c3ccc(-c4ncccn4)cc3)CC2)C1. The second kappa shape index (κ2) is 10.5. The van der Waals surface area contributed by atoms with Crippen LogP contribution in [-0.2, 0) is 19.1 Å². The van der Waals surface area contributed by atoms with Crippen LogP contribution < -0.4 is 4.90 Å². The van der Waals surface area contributed by atoms with Gasteiger partial charge in [-0.3, -0.25) is 14.5 Å². The molecule has 0 radical (unpaired) electrons. The summed E-state index contributed by atoms with van der Waals surface area (Å²) in [6.07, 6.45) is 3.83. The number of amides is 1. The number of hydrogen-bond acceptors (Lipinski definition) is 8. The van der Waals surface area contributed by atoms with E-state index < -0.39 is 5.41 Å². The molecule has 34 heavy (non-hydrogen) atoms. The molecule has 4 rings (SSSR count). The molecule has 2 saturated heterocycles. The molecule has 2 aliphatic heterocycles. The third kappa shape index (κ3) is 4.90. The number of carbonyl (C=O) groups is 2. The summed E-state index contributed by atoms with van der Waals surface area (Å²) in [7, 11) is 3.01. The van der Waals surface area contributed by atoms with Crippen LogP contribution in [-0.4, -0.2) is 97.8 Å². The molecule has 0 bridgehead atoms. The number of likely N-dealkylation sites (tertiary alicyclic amines) is 1. The van der Waals surface area contributed by atoms with Crippen molar-refractivity contribution in [3.05, 3.63) is 42.7 Å². The molecule has 2 atom stereocenters. The fourth-order valence-electron chi connectivity index (χ4n) is 4.92. The van der Waals surface area contributed by atoms with E-state index in [4.69, 9.17) is 9.47 Å². The van der Waals surface area contributed by atoms with E-state index in [1.54, 1.807) is 25.6 Å². The number of ether oxygens (including phenoxy) is 2. The lowest BCUT2D eigenvalue weighted by Gasteiger charge is -2.37. The van der Waals surface area contributed by atoms with Gasteiger partial charge in [-0.15, -0.1) is 0 Å². The van der Waals surface area contributed by atoms with Crippen LogP contribution in [0.3, 0.4) is 0 Å². The van der Waals surface area contributed by atoms with Gasteiger partial charge in [0.15, 0.2) is 5.82 Å². The number of piperazine rings is 1. The van der Waals surface area contributed by atoms with Gasteiger partial charge in [-0.2, -0.15) is 0 Å². The van der Waals surface area contributed by atoms with Crippen LogP contribution in [0.25, 0.3) is 11.4 Å². The Hall–Kier alpha value is -3.04. The van der Waals surface area contributed by atoms with Crippen LogP contribution >= 0.6 is 0 Å². The number of benzene rings is 1. The Kier molecular flexibility index (Phi) is 7.43. The summed E-state index contributed by atoms with van der Waals surface area (Å²) >= 11 is 0. The highest BCUT2D eigenvalue weighted by atomic mass is 16.5. The number of methoxy groups -OCH3 is 2. The maximum absolute atomic E-state index is 13.0. The molecule has 0 aliphatic carbocycles. The second-order valence-corrected chi connectivity index (χ2v) is 8.97. The van der Waals surface area contributed by atoms with Gasteiger partial charge in [0.2, 0.25) is 5.91 Å². The zero-order valence-electron chi connectivity index (χ0n) is 20.1. The largest absolute Gasteiger partial charge is 0.468 e. The topological polar surface area (TPSA) is 88.1 Å². The van der Waals surface area contributed by atoms with Crippen molar-refractivity contribution in [2.75, 3.05) is 64.9 Å². The Labute approximate surface area is 200 Å². The van der Waals surface area contributed by atoms with Crippen molar-refractivity contribution in [2.45, 2.75) is 19.4 Å². The standard InChI is InChI=1S/C25H33N5O4/c1-19(33-2)25(24(32)34-3)9-12-28(18-25)17-22(31)30-15-13-29(14-16-30)21-7-5-20(6-8-21)23-26-10-4-11-27-23/h4-8,10-11,19H,9,12-18H2,1-3H3. The molecule has 2 aromatic rings. The molecule has 3 heterocycles. The van der Waals surface area contributed by atoms with Crippen LogP contribution in [0.1, 0.15) is 13.3 Å². The maximum Gasteiger partial charge on any atom is 0.315 e. The number of aromatic nitrogens is 2. The Bertz CT molecular complexity index is 979. The Morgan fingerprint density at radius 1 is 1.03 bits per heavy atom. The van der Waals surface area contributed by atoms with Crippen molar-refractivity contribution in [1.82, 2.24) is 19.8 Å². The van der Waals surface area contributed by atoms with Crippen LogP contribution in [0.5, 0.6) is 0 Å². The normalized spacial score (nSPS) is 22.0. The fourth-order valence-corrected chi connectivity index (χ4v) is 4.92. The first-order chi connectivity index (χ1) is 16.5. The molecule has 1 amide bonds. The molecule has 0 N–H and O–H groups in total. The highest BCUT2D eigenvalue weighted by Gasteiger charge is 2.50. The predicted molar refractivity (Wildman–Crippen MR) is 128 cm³/mol. The van der Waals surface area contributed by atoms with E-state index in [0.717, 1.165) is 24.3 Å². The Balaban J connectivity index is 1.30. The zero-order chi connectivity index (χ0) is 24.1. The zero-order valence-corrected chi connectivity index (χ0v) is 20.1. The van der Waals surface area contributed by atoms with Gasteiger partial charge < -0.3 is 19.3 Å². The number of carbonyl (C=O) groups excluding carboxylic acids is 2. The second-order valence-electron chi connectivity index (χ2n) is 8.97. The average Bonchev–Trinajstić information content (AvgIpc) is 3.33. The molecular weight excluding hydrogens is 434 g/mol. The van der Waals surface area contributed by atoms with Crippen LogP contribution in [0.2, 0.25) is 0 Å². The summed E-state index contributed by atoms with van der Waals surface area (Å²) in [6.45, 7) is 6.24. The lowest BCUT2D eigenvalue weighted by molar-refractivity contribution is -0.160. The van der Waals surface area contributed by atoms with E-state index in [9.17, 15) is 9.59 Å². The maximum atomic E-state index is 13.0. The summed E-state index contributed by atoms with van der Waals surface area (Å²) in [5.41, 5.74) is 1.39. The van der Waals surface area contributed by atoms with E-state index in [1.165, 1.54) is 7.11 Å². The first-order valence-corrected chi connectivity index (χ1v) is 11.7. The third-order valence-corrected chi connectivity index (χ3v) is 7.15. The third-order valence-electron chi connectivity index (χ3n) is 7.15. The van der Waals surface area contributed by atoms with E-state index in [1.807, 2.05) is 28.9 Å². The van der Waals surface area contributed by atoms with Gasteiger partial charge in [-0.25, -0.2) is 9.97 Å². The molecule has 0 spiro atoms. The Morgan fingerprint density at radius 2 is 1.71 bits per heavy atom. The van der Waals surface area contributed by atoms with Gasteiger partial charge in [0.25, 0.3) is 0 Å². The van der Waals surface area contributed by atoms with Crippen molar-refractivity contribution < 1.29 is 19.1 Å². The number of esters is 1. The van der Waals surface area contributed by atoms with Gasteiger partial charge in [-0.05, 0) is 50.2 Å². The summed E-state index contributed by atoms with van der Waals surface area (Å²) in [5, 5.41) is 0. The minimum Gasteiger partial charge on any atom is -0.468 e. The smallest absolute Gasteiger partial charge is 0.315 e. The summed E-state index contributed by atoms with van der Waals surface area (Å²) in [6, 6.07) is 10.0. The predicted octanol–water partition coefficient (Wildman–Crippen LogP) is 1.69. The van der Waals surface area contributed by atoms with Crippen molar-refractivity contribution in [3.8, 4) is 11.4 Å². The summed E-state index contributed by atoms with van der Waals surface area (Å²) in [4.78, 5) is 40.3. The molecule has 2 unspecified atom stereocenters. The van der Waals surface area contributed by atoms with Crippen LogP contribution in [0, 0.1) is 5.41 Å². The fraction of sp³-hybridized carbons (Fsp3) is 0.520. The van der Waals surface area contributed by atoms with Gasteiger partial charge in [-0.1, -0.05) is 0 Å². The van der Waals surface area contributed by atoms with Crippen molar-refractivity contribution in [3.63, 3.8) is 0 Å². The van der Waals surface area contributed by atoms with Gasteiger partial charge in [0.05, 0.1) is 19.8 Å². The molecule has 2 fully saturated rings. The molecule has 2 aliphatic rings. The highest BCUT2D eigenvalue weighted by molar-refractivity contribution is 5.80. The molecule has 9 nitrogen and oxygen atoms in total. The van der Waals surface area contributed by atoms with Crippen molar-refractivity contribution in [2.24, 2.45) is 5.41 Å². The minimum atomic E-state index is -0.723. The average molecular weight is 468 g/mol. The van der Waals surface area contributed by atoms with E-state index in [-0.39, 0.29) is 18.0 Å². The molecule has 1 aromatic carbocycles. The Morgan fingerprint density at radius 3 is 2.32 bits per heavy atom. The number of rotatable bonds is 7. The monoisotopic (exact) mass is 467 g/mol. The lowest BCUT2D eigenvalue weighted by atomic mass is 9.82. The number of anilines is 1. The quantitative estimate of drug-likeness (QED) is 0.569. The van der Waals surface area contributed by atoms with Crippen LogP contribution in [0.15, 0.2) is 42.7 Å². The molecule has 1 aromatic heterocycles. The van der Waals surface area contributed by atoms with Gasteiger partial charge in [0, 0.05) is 63.5 Å². The number of nitrogens with zero attached hydrogens (tertiary/aromatic N) is 5. The van der Waals surface area contributed by atoms with Crippen molar-refractivity contribution in [1.29, 1.82) is 0 Å². The highest BCUT2D eigenvalue weighted by Crippen LogP contribution is 2.36. The summed E-state index contributed by atoms with van der Waals surface area (Å²) < 4.78 is 10.5. The number of hydrogen-bond donors (Lipinski definition) is 0. The minimum absolute atomic E-state index is 0.0990. The first kappa shape index (κ1) is 24.1. The lowest BCUT2D eigenvalue weighted by Crippen LogP contribution is -2.51. The van der Waals surface area contributed by atoms with E-state index in [0.29, 0.717) is 45.0 Å². The van der Waals surface area contributed by atoms with Crippen molar-refractivity contribution >= 4 is 17.6 Å². The van der Waals surface area contributed by atoms with Gasteiger partial charge >= 0.3 is 5.97 Å². The molecule has 182 valence electrons. The van der Waals surface area contributed by atoms with E-state index >= 15 is 0 Å². The first-order valence-electron chi connectivity index (χ1n) is 11.7. The molecule has 0 saturated carbocycles. The van der Waals surface area contributed by atoms with Gasteiger partial charge in [0.1, 0.15) is 5.41 Å².